The van der Waals surface area contributed by atoms with Crippen LogP contribution in [0.1, 0.15) is 24.9 Å². The number of pyridine rings is 1. The van der Waals surface area contributed by atoms with Crippen LogP contribution in [0.5, 0.6) is 0 Å². The Morgan fingerprint density at radius 3 is 2.88 bits per heavy atom. The third kappa shape index (κ3) is 2.46. The fourth-order valence-electron chi connectivity index (χ4n) is 2.08. The molecule has 0 bridgehead atoms. The molecule has 0 radical (unpaired) electrons. The minimum absolute atomic E-state index is 0.0594. The molecule has 3 nitrogen and oxygen atoms in total. The Morgan fingerprint density at radius 2 is 2.18 bits per heavy atom. The van der Waals surface area contributed by atoms with Gasteiger partial charge in [-0.2, -0.15) is 0 Å². The standard InChI is InChI=1S/C14H18N2O/c1-3-13(17-2)14(15)11-6-7-12-10(9-11)5-4-8-16-12/h4-9,13-14H,3,15H2,1-2H3. The maximum absolute atomic E-state index is 6.21. The maximum atomic E-state index is 6.21. The molecule has 1 aromatic heterocycles. The Balaban J connectivity index is 2.35. The van der Waals surface area contributed by atoms with Crippen LogP contribution in [-0.4, -0.2) is 18.2 Å². The number of methoxy groups -OCH3 is 1. The third-order valence-electron chi connectivity index (χ3n) is 3.12. The van der Waals surface area contributed by atoms with E-state index in [4.69, 9.17) is 10.5 Å². The molecule has 0 saturated heterocycles. The van der Waals surface area contributed by atoms with Gasteiger partial charge >= 0.3 is 0 Å². The highest BCUT2D eigenvalue weighted by Gasteiger charge is 2.17. The lowest BCUT2D eigenvalue weighted by Crippen LogP contribution is -2.27. The molecule has 3 heteroatoms. The number of benzene rings is 1. The second-order valence-electron chi connectivity index (χ2n) is 4.16. The lowest BCUT2D eigenvalue weighted by Gasteiger charge is -2.21. The quantitative estimate of drug-likeness (QED) is 0.878. The van der Waals surface area contributed by atoms with Crippen LogP contribution in [0.2, 0.25) is 0 Å². The third-order valence-corrected chi connectivity index (χ3v) is 3.12. The van der Waals surface area contributed by atoms with Crippen molar-refractivity contribution in [3.05, 3.63) is 42.1 Å². The number of hydrogen-bond donors (Lipinski definition) is 1. The van der Waals surface area contributed by atoms with Crippen molar-refractivity contribution in [2.45, 2.75) is 25.5 Å². The first kappa shape index (κ1) is 12.0. The van der Waals surface area contributed by atoms with Crippen molar-refractivity contribution in [1.82, 2.24) is 4.98 Å². The first-order valence-corrected chi connectivity index (χ1v) is 5.89. The Hall–Kier alpha value is -1.45. The molecule has 0 aliphatic carbocycles. The first-order chi connectivity index (χ1) is 8.26. The molecule has 2 rings (SSSR count). The van der Waals surface area contributed by atoms with Gasteiger partial charge < -0.3 is 10.5 Å². The molecular formula is C14H18N2O. The molecule has 90 valence electrons. The van der Waals surface area contributed by atoms with E-state index >= 15 is 0 Å². The van der Waals surface area contributed by atoms with Gasteiger partial charge in [-0.15, -0.1) is 0 Å². The zero-order valence-electron chi connectivity index (χ0n) is 10.3. The van der Waals surface area contributed by atoms with Crippen LogP contribution in [0.4, 0.5) is 0 Å². The van der Waals surface area contributed by atoms with E-state index in [-0.39, 0.29) is 12.1 Å². The molecule has 0 spiro atoms. The molecule has 2 aromatic rings. The van der Waals surface area contributed by atoms with E-state index in [1.165, 1.54) is 0 Å². The Bertz CT molecular complexity index is 494. The van der Waals surface area contributed by atoms with Crippen molar-refractivity contribution in [3.8, 4) is 0 Å². The fraction of sp³-hybridized carbons (Fsp3) is 0.357. The Morgan fingerprint density at radius 1 is 1.35 bits per heavy atom. The van der Waals surface area contributed by atoms with E-state index in [0.29, 0.717) is 0 Å². The number of rotatable bonds is 4. The van der Waals surface area contributed by atoms with Crippen molar-refractivity contribution in [3.63, 3.8) is 0 Å². The average Bonchev–Trinajstić information content (AvgIpc) is 2.39. The van der Waals surface area contributed by atoms with Crippen LogP contribution in [0, 0.1) is 0 Å². The van der Waals surface area contributed by atoms with Crippen LogP contribution < -0.4 is 5.73 Å². The van der Waals surface area contributed by atoms with Crippen molar-refractivity contribution < 1.29 is 4.74 Å². The van der Waals surface area contributed by atoms with Gasteiger partial charge in [-0.25, -0.2) is 0 Å². The summed E-state index contributed by atoms with van der Waals surface area (Å²) in [4.78, 5) is 4.29. The molecule has 1 heterocycles. The summed E-state index contributed by atoms with van der Waals surface area (Å²) in [7, 11) is 1.70. The summed E-state index contributed by atoms with van der Waals surface area (Å²) in [5.41, 5.74) is 8.30. The molecule has 0 aliphatic rings. The molecule has 0 aliphatic heterocycles. The van der Waals surface area contributed by atoms with E-state index in [0.717, 1.165) is 22.9 Å². The predicted octanol–water partition coefficient (Wildman–Crippen LogP) is 2.66. The molecule has 2 N–H and O–H groups in total. The Kier molecular flexibility index (Phi) is 3.71. The van der Waals surface area contributed by atoms with E-state index in [1.807, 2.05) is 24.3 Å². The number of ether oxygens (including phenoxy) is 1. The SMILES string of the molecule is CCC(OC)C(N)c1ccc2ncccc2c1. The molecule has 1 aromatic carbocycles. The number of hydrogen-bond acceptors (Lipinski definition) is 3. The second kappa shape index (κ2) is 5.25. The summed E-state index contributed by atoms with van der Waals surface area (Å²) in [6.07, 6.45) is 2.76. The smallest absolute Gasteiger partial charge is 0.0761 e. The summed E-state index contributed by atoms with van der Waals surface area (Å²) < 4.78 is 5.39. The topological polar surface area (TPSA) is 48.1 Å². The summed E-state index contributed by atoms with van der Waals surface area (Å²) in [5.74, 6) is 0. The van der Waals surface area contributed by atoms with E-state index in [9.17, 15) is 0 Å². The average molecular weight is 230 g/mol. The van der Waals surface area contributed by atoms with Gasteiger partial charge in [-0.3, -0.25) is 4.98 Å². The lowest BCUT2D eigenvalue weighted by atomic mass is 9.99. The highest BCUT2D eigenvalue weighted by atomic mass is 16.5. The summed E-state index contributed by atoms with van der Waals surface area (Å²) in [5, 5.41) is 1.12. The van der Waals surface area contributed by atoms with Crippen LogP contribution in [0.25, 0.3) is 10.9 Å². The summed E-state index contributed by atoms with van der Waals surface area (Å²) >= 11 is 0. The normalized spacial score (nSPS) is 14.8. The minimum atomic E-state index is -0.0883. The lowest BCUT2D eigenvalue weighted by molar-refractivity contribution is 0.0772. The van der Waals surface area contributed by atoms with Gasteiger partial charge in [0, 0.05) is 18.7 Å². The Labute approximate surface area is 102 Å². The summed E-state index contributed by atoms with van der Waals surface area (Å²) in [6.45, 7) is 2.08. The van der Waals surface area contributed by atoms with Gasteiger partial charge in [0.1, 0.15) is 0 Å². The van der Waals surface area contributed by atoms with Crippen LogP contribution in [0.3, 0.4) is 0 Å². The highest BCUT2D eigenvalue weighted by molar-refractivity contribution is 5.79. The van der Waals surface area contributed by atoms with Crippen LogP contribution in [0.15, 0.2) is 36.5 Å². The van der Waals surface area contributed by atoms with Gasteiger partial charge in [0.25, 0.3) is 0 Å². The van der Waals surface area contributed by atoms with Crippen LogP contribution >= 0.6 is 0 Å². The largest absolute Gasteiger partial charge is 0.379 e. The number of nitrogens with two attached hydrogens (primary N) is 1. The van der Waals surface area contributed by atoms with Gasteiger partial charge in [0.15, 0.2) is 0 Å². The van der Waals surface area contributed by atoms with Gasteiger partial charge in [0.2, 0.25) is 0 Å². The van der Waals surface area contributed by atoms with E-state index in [2.05, 4.69) is 18.0 Å². The number of nitrogens with zero attached hydrogens (tertiary/aromatic N) is 1. The summed E-state index contributed by atoms with van der Waals surface area (Å²) in [6, 6.07) is 10.0. The molecule has 17 heavy (non-hydrogen) atoms. The second-order valence-corrected chi connectivity index (χ2v) is 4.16. The van der Waals surface area contributed by atoms with E-state index in [1.54, 1.807) is 13.3 Å². The molecule has 0 amide bonds. The molecular weight excluding hydrogens is 212 g/mol. The van der Waals surface area contributed by atoms with Crippen molar-refractivity contribution in [2.24, 2.45) is 5.73 Å². The number of aromatic nitrogens is 1. The van der Waals surface area contributed by atoms with Crippen molar-refractivity contribution in [2.75, 3.05) is 7.11 Å². The monoisotopic (exact) mass is 230 g/mol. The fourth-order valence-corrected chi connectivity index (χ4v) is 2.08. The van der Waals surface area contributed by atoms with Gasteiger partial charge in [0.05, 0.1) is 17.7 Å². The van der Waals surface area contributed by atoms with Gasteiger partial charge in [-0.05, 0) is 30.2 Å². The van der Waals surface area contributed by atoms with E-state index < -0.39 is 0 Å². The van der Waals surface area contributed by atoms with Crippen LogP contribution in [-0.2, 0) is 4.74 Å². The molecule has 0 fully saturated rings. The molecule has 0 saturated carbocycles. The maximum Gasteiger partial charge on any atom is 0.0761 e. The number of fused-ring (bicyclic) bond motifs is 1. The van der Waals surface area contributed by atoms with Gasteiger partial charge in [-0.1, -0.05) is 19.1 Å². The zero-order chi connectivity index (χ0) is 12.3. The zero-order valence-corrected chi connectivity index (χ0v) is 10.3. The minimum Gasteiger partial charge on any atom is -0.379 e. The molecule has 2 unspecified atom stereocenters. The van der Waals surface area contributed by atoms with Crippen molar-refractivity contribution in [1.29, 1.82) is 0 Å². The highest BCUT2D eigenvalue weighted by Crippen LogP contribution is 2.22. The predicted molar refractivity (Wildman–Crippen MR) is 69.8 cm³/mol. The molecule has 2 atom stereocenters. The van der Waals surface area contributed by atoms with Crippen molar-refractivity contribution >= 4 is 10.9 Å². The first-order valence-electron chi connectivity index (χ1n) is 5.89.